The molecule has 0 saturated carbocycles. The molecule has 0 bridgehead atoms. The third kappa shape index (κ3) is 2.46. The molecule has 1 nitrogen and oxygen atoms in total. The van der Waals surface area contributed by atoms with Gasteiger partial charge in [-0.15, -0.1) is 0 Å². The fourth-order valence-electron chi connectivity index (χ4n) is 0.594. The maximum Gasteiger partial charge on any atom is 0.139 e. The minimum atomic E-state index is 0.694. The molecule has 0 N–H and O–H groups in total. The van der Waals surface area contributed by atoms with E-state index < -0.39 is 0 Å². The molecule has 0 saturated heterocycles. The fraction of sp³-hybridized carbons (Fsp3) is 0.143. The van der Waals surface area contributed by atoms with E-state index in [1.807, 2.05) is 24.3 Å². The SMILES string of the molecule is Brc1ccc(OCI)cc1. The molecular weight excluding hydrogens is 307 g/mol. The van der Waals surface area contributed by atoms with E-state index in [0.29, 0.717) is 4.61 Å². The summed E-state index contributed by atoms with van der Waals surface area (Å²) < 4.78 is 7.00. The Morgan fingerprint density at radius 3 is 2.40 bits per heavy atom. The first kappa shape index (κ1) is 8.33. The molecule has 10 heavy (non-hydrogen) atoms. The molecule has 54 valence electrons. The van der Waals surface area contributed by atoms with Gasteiger partial charge in [0, 0.05) is 4.47 Å². The molecule has 0 aliphatic rings. The Hall–Kier alpha value is 0.230. The zero-order chi connectivity index (χ0) is 7.40. The van der Waals surface area contributed by atoms with Crippen LogP contribution < -0.4 is 4.74 Å². The van der Waals surface area contributed by atoms with Crippen LogP contribution in [0.4, 0.5) is 0 Å². The van der Waals surface area contributed by atoms with Crippen molar-refractivity contribution < 1.29 is 4.74 Å². The van der Waals surface area contributed by atoms with Crippen molar-refractivity contribution in [3.63, 3.8) is 0 Å². The summed E-state index contributed by atoms with van der Waals surface area (Å²) in [6.07, 6.45) is 0. The van der Waals surface area contributed by atoms with E-state index in [4.69, 9.17) is 4.74 Å². The normalized spacial score (nSPS) is 9.40. The Morgan fingerprint density at radius 1 is 1.30 bits per heavy atom. The first-order valence-electron chi connectivity index (χ1n) is 2.77. The molecule has 0 atom stereocenters. The van der Waals surface area contributed by atoms with Crippen LogP contribution >= 0.6 is 38.5 Å². The van der Waals surface area contributed by atoms with E-state index in [2.05, 4.69) is 38.5 Å². The smallest absolute Gasteiger partial charge is 0.139 e. The number of ether oxygens (including phenoxy) is 1. The summed E-state index contributed by atoms with van der Waals surface area (Å²) in [5.41, 5.74) is 0. The van der Waals surface area contributed by atoms with Crippen LogP contribution in [0.3, 0.4) is 0 Å². The molecule has 1 aromatic rings. The van der Waals surface area contributed by atoms with Crippen molar-refractivity contribution in [2.75, 3.05) is 4.61 Å². The fourth-order valence-corrected chi connectivity index (χ4v) is 1.22. The Kier molecular flexibility index (Phi) is 3.48. The van der Waals surface area contributed by atoms with E-state index in [0.717, 1.165) is 10.2 Å². The highest BCUT2D eigenvalue weighted by atomic mass is 127. The number of hydrogen-bond acceptors (Lipinski definition) is 1. The topological polar surface area (TPSA) is 9.23 Å². The summed E-state index contributed by atoms with van der Waals surface area (Å²) in [6.45, 7) is 0. The lowest BCUT2D eigenvalue weighted by Gasteiger charge is -1.99. The largest absolute Gasteiger partial charge is 0.483 e. The van der Waals surface area contributed by atoms with Crippen molar-refractivity contribution in [1.29, 1.82) is 0 Å². The number of halogens is 2. The predicted octanol–water partition coefficient (Wildman–Crippen LogP) is 3.22. The molecule has 1 rings (SSSR count). The molecule has 0 fully saturated rings. The zero-order valence-corrected chi connectivity index (χ0v) is 8.92. The molecular formula is C7H6BrIO. The molecule has 0 aromatic heterocycles. The van der Waals surface area contributed by atoms with Crippen LogP contribution in [-0.4, -0.2) is 4.61 Å². The lowest BCUT2D eigenvalue weighted by molar-refractivity contribution is 0.404. The van der Waals surface area contributed by atoms with Crippen LogP contribution in [0.5, 0.6) is 5.75 Å². The summed E-state index contributed by atoms with van der Waals surface area (Å²) in [5, 5.41) is 0. The van der Waals surface area contributed by atoms with Gasteiger partial charge in [0.2, 0.25) is 0 Å². The van der Waals surface area contributed by atoms with Gasteiger partial charge in [-0.25, -0.2) is 0 Å². The molecule has 0 heterocycles. The number of benzene rings is 1. The van der Waals surface area contributed by atoms with E-state index in [9.17, 15) is 0 Å². The van der Waals surface area contributed by atoms with Crippen molar-refractivity contribution in [3.05, 3.63) is 28.7 Å². The van der Waals surface area contributed by atoms with E-state index in [1.54, 1.807) is 0 Å². The number of rotatable bonds is 2. The highest BCUT2D eigenvalue weighted by Crippen LogP contribution is 2.16. The quantitative estimate of drug-likeness (QED) is 0.602. The molecule has 0 amide bonds. The van der Waals surface area contributed by atoms with Crippen LogP contribution in [0.25, 0.3) is 0 Å². The minimum absolute atomic E-state index is 0.694. The van der Waals surface area contributed by atoms with Crippen molar-refractivity contribution >= 4 is 38.5 Å². The number of alkyl halides is 1. The zero-order valence-electron chi connectivity index (χ0n) is 5.18. The average Bonchev–Trinajstić information content (AvgIpc) is 1.95. The standard InChI is InChI=1S/C7H6BrIO/c8-6-1-3-7(4-2-6)10-5-9/h1-4H,5H2. The molecule has 0 spiro atoms. The minimum Gasteiger partial charge on any atom is -0.483 e. The van der Waals surface area contributed by atoms with Crippen molar-refractivity contribution in [2.45, 2.75) is 0 Å². The second-order valence-corrected chi connectivity index (χ2v) is 3.25. The summed E-state index contributed by atoms with van der Waals surface area (Å²) in [4.78, 5) is 0. The second-order valence-electron chi connectivity index (χ2n) is 1.71. The Bertz CT molecular complexity index is 197. The van der Waals surface area contributed by atoms with Gasteiger partial charge < -0.3 is 4.74 Å². The van der Waals surface area contributed by atoms with Crippen molar-refractivity contribution in [2.24, 2.45) is 0 Å². The molecule has 0 radical (unpaired) electrons. The summed E-state index contributed by atoms with van der Waals surface area (Å²) in [6, 6.07) is 7.79. The van der Waals surface area contributed by atoms with Gasteiger partial charge >= 0.3 is 0 Å². The predicted molar refractivity (Wildman–Crippen MR) is 53.7 cm³/mol. The van der Waals surface area contributed by atoms with E-state index in [-0.39, 0.29) is 0 Å². The Labute approximate surface area is 82.0 Å². The van der Waals surface area contributed by atoms with Crippen LogP contribution in [-0.2, 0) is 0 Å². The summed E-state index contributed by atoms with van der Waals surface area (Å²) in [7, 11) is 0. The van der Waals surface area contributed by atoms with Gasteiger partial charge in [-0.1, -0.05) is 15.9 Å². The highest BCUT2D eigenvalue weighted by molar-refractivity contribution is 14.1. The van der Waals surface area contributed by atoms with Gasteiger partial charge in [0.1, 0.15) is 10.4 Å². The monoisotopic (exact) mass is 312 g/mol. The van der Waals surface area contributed by atoms with Gasteiger partial charge in [-0.3, -0.25) is 0 Å². The maximum absolute atomic E-state index is 5.23. The summed E-state index contributed by atoms with van der Waals surface area (Å²) in [5.74, 6) is 0.914. The molecule has 0 aliphatic carbocycles. The van der Waals surface area contributed by atoms with E-state index >= 15 is 0 Å². The molecule has 0 aliphatic heterocycles. The third-order valence-electron chi connectivity index (χ3n) is 1.03. The lowest BCUT2D eigenvalue weighted by atomic mass is 10.3. The second kappa shape index (κ2) is 4.18. The van der Waals surface area contributed by atoms with Crippen LogP contribution in [0.1, 0.15) is 0 Å². The molecule has 3 heteroatoms. The van der Waals surface area contributed by atoms with Crippen LogP contribution in [0, 0.1) is 0 Å². The molecule has 0 unspecified atom stereocenters. The third-order valence-corrected chi connectivity index (χ3v) is 1.87. The van der Waals surface area contributed by atoms with Gasteiger partial charge in [0.15, 0.2) is 0 Å². The van der Waals surface area contributed by atoms with Gasteiger partial charge in [-0.2, -0.15) is 0 Å². The highest BCUT2D eigenvalue weighted by Gasteiger charge is 1.89. The van der Waals surface area contributed by atoms with Crippen LogP contribution in [0.2, 0.25) is 0 Å². The summed E-state index contributed by atoms with van der Waals surface area (Å²) >= 11 is 5.50. The maximum atomic E-state index is 5.23. The van der Waals surface area contributed by atoms with Gasteiger partial charge in [0.25, 0.3) is 0 Å². The Morgan fingerprint density at radius 2 is 1.90 bits per heavy atom. The first-order valence-corrected chi connectivity index (χ1v) is 5.09. The first-order chi connectivity index (χ1) is 4.83. The van der Waals surface area contributed by atoms with Gasteiger partial charge in [-0.05, 0) is 46.9 Å². The molecule has 1 aromatic carbocycles. The Balaban J connectivity index is 2.69. The average molecular weight is 313 g/mol. The number of hydrogen-bond donors (Lipinski definition) is 0. The lowest BCUT2D eigenvalue weighted by Crippen LogP contribution is -1.86. The van der Waals surface area contributed by atoms with Gasteiger partial charge in [0.05, 0.1) is 0 Å². The van der Waals surface area contributed by atoms with E-state index in [1.165, 1.54) is 0 Å². The van der Waals surface area contributed by atoms with Crippen molar-refractivity contribution in [3.8, 4) is 5.75 Å². The van der Waals surface area contributed by atoms with Crippen molar-refractivity contribution in [1.82, 2.24) is 0 Å². The van der Waals surface area contributed by atoms with Crippen LogP contribution in [0.15, 0.2) is 28.7 Å².